The minimum atomic E-state index is -0.121. The highest BCUT2D eigenvalue weighted by molar-refractivity contribution is 6.01. The van der Waals surface area contributed by atoms with Gasteiger partial charge in [-0.15, -0.1) is 0 Å². The van der Waals surface area contributed by atoms with E-state index < -0.39 is 0 Å². The number of aryl methyl sites for hydroxylation is 2. The van der Waals surface area contributed by atoms with E-state index in [1.165, 1.54) is 25.0 Å². The van der Waals surface area contributed by atoms with Crippen molar-refractivity contribution in [3.8, 4) is 0 Å². The molecule has 5 nitrogen and oxygen atoms in total. The summed E-state index contributed by atoms with van der Waals surface area (Å²) in [6.45, 7) is 13.6. The number of carbonyl (C=O) groups excluding carboxylic acids is 4. The van der Waals surface area contributed by atoms with Gasteiger partial charge in [0.15, 0.2) is 17.3 Å². The third-order valence-corrected chi connectivity index (χ3v) is 8.49. The van der Waals surface area contributed by atoms with Gasteiger partial charge in [0.25, 0.3) is 0 Å². The number of ketones is 4. The van der Waals surface area contributed by atoms with Gasteiger partial charge in [-0.25, -0.2) is 0 Å². The lowest BCUT2D eigenvalue weighted by Gasteiger charge is -2.33. The molecule has 3 unspecified atom stereocenters. The highest BCUT2D eigenvalue weighted by Gasteiger charge is 2.34. The quantitative estimate of drug-likeness (QED) is 0.182. The predicted molar refractivity (Wildman–Crippen MR) is 155 cm³/mol. The van der Waals surface area contributed by atoms with E-state index in [4.69, 9.17) is 4.42 Å². The number of hydrogen-bond donors (Lipinski definition) is 0. The zero-order valence-corrected chi connectivity index (χ0v) is 24.9. The van der Waals surface area contributed by atoms with Gasteiger partial charge in [0.05, 0.1) is 6.42 Å². The average molecular weight is 535 g/mol. The third-order valence-electron chi connectivity index (χ3n) is 8.49. The topological polar surface area (TPSA) is 81.4 Å². The van der Waals surface area contributed by atoms with Gasteiger partial charge in [-0.2, -0.15) is 0 Å². The van der Waals surface area contributed by atoms with Crippen LogP contribution in [-0.2, 0) is 28.9 Å². The van der Waals surface area contributed by atoms with Gasteiger partial charge in [-0.1, -0.05) is 46.6 Å². The Labute approximate surface area is 234 Å². The van der Waals surface area contributed by atoms with Crippen LogP contribution < -0.4 is 0 Å². The summed E-state index contributed by atoms with van der Waals surface area (Å²) in [5.41, 5.74) is 5.53. The van der Waals surface area contributed by atoms with Crippen molar-refractivity contribution in [3.05, 3.63) is 57.5 Å². The van der Waals surface area contributed by atoms with Crippen LogP contribution in [0.1, 0.15) is 135 Å². The Morgan fingerprint density at radius 1 is 1.05 bits per heavy atom. The third kappa shape index (κ3) is 7.43. The summed E-state index contributed by atoms with van der Waals surface area (Å²) < 4.78 is 5.70. The number of carbonyl (C=O) groups is 4. The fraction of sp³-hybridized carbons (Fsp3) is 0.588. The van der Waals surface area contributed by atoms with Gasteiger partial charge in [-0.05, 0) is 91.7 Å². The standard InChI is InChI=1S/C34H46O5/c1-8-10-26(28(9-2)31(37)15-21(5)35)16-24-17-30-29(20(3)4)19-25(22(6)34(30)32(38)18-24)11-12-27-13-14-33(39-27)23(7)36/h13-14,19-20,24,26,28H,8-12,15-18H2,1-7H3. The smallest absolute Gasteiger partial charge is 0.194 e. The van der Waals surface area contributed by atoms with Gasteiger partial charge >= 0.3 is 0 Å². The Bertz CT molecular complexity index is 1210. The Kier molecular flexibility index (Phi) is 10.6. The lowest BCUT2D eigenvalue weighted by Crippen LogP contribution is -2.30. The molecule has 5 heteroatoms. The van der Waals surface area contributed by atoms with E-state index in [1.54, 1.807) is 6.07 Å². The van der Waals surface area contributed by atoms with Crippen molar-refractivity contribution in [2.45, 2.75) is 112 Å². The lowest BCUT2D eigenvalue weighted by atomic mass is 9.70. The Hall–Kier alpha value is -2.82. The summed E-state index contributed by atoms with van der Waals surface area (Å²) in [6.07, 6.45) is 6.29. The van der Waals surface area contributed by atoms with E-state index in [0.29, 0.717) is 18.6 Å². The molecule has 3 atom stereocenters. The summed E-state index contributed by atoms with van der Waals surface area (Å²) in [6, 6.07) is 5.86. The van der Waals surface area contributed by atoms with Crippen molar-refractivity contribution < 1.29 is 23.6 Å². The Morgan fingerprint density at radius 2 is 1.77 bits per heavy atom. The van der Waals surface area contributed by atoms with Crippen LogP contribution in [0.2, 0.25) is 0 Å². The zero-order valence-electron chi connectivity index (χ0n) is 24.9. The van der Waals surface area contributed by atoms with E-state index >= 15 is 0 Å². The van der Waals surface area contributed by atoms with Crippen molar-refractivity contribution in [2.24, 2.45) is 17.8 Å². The maximum atomic E-state index is 13.7. The van der Waals surface area contributed by atoms with Crippen LogP contribution in [0.5, 0.6) is 0 Å². The Balaban J connectivity index is 1.87. The molecule has 1 aromatic carbocycles. The molecular formula is C34H46O5. The van der Waals surface area contributed by atoms with Crippen molar-refractivity contribution in [3.63, 3.8) is 0 Å². The molecule has 3 rings (SSSR count). The van der Waals surface area contributed by atoms with Crippen LogP contribution in [0.4, 0.5) is 0 Å². The van der Waals surface area contributed by atoms with Crippen LogP contribution in [-0.4, -0.2) is 23.1 Å². The maximum Gasteiger partial charge on any atom is 0.194 e. The molecule has 0 radical (unpaired) electrons. The number of hydrogen-bond acceptors (Lipinski definition) is 5. The molecular weight excluding hydrogens is 488 g/mol. The van der Waals surface area contributed by atoms with Gasteiger partial charge < -0.3 is 4.42 Å². The summed E-state index contributed by atoms with van der Waals surface area (Å²) in [7, 11) is 0. The molecule has 2 aromatic rings. The van der Waals surface area contributed by atoms with Gasteiger partial charge in [0.2, 0.25) is 0 Å². The van der Waals surface area contributed by atoms with Crippen molar-refractivity contribution in [1.82, 2.24) is 0 Å². The molecule has 212 valence electrons. The molecule has 0 bridgehead atoms. The maximum absolute atomic E-state index is 13.7. The SMILES string of the molecule is CCCC(CC1CC(=O)c2c(C)c(CCc3ccc(C(C)=O)o3)cc(C(C)C)c2C1)C(CC)C(=O)CC(C)=O. The van der Waals surface area contributed by atoms with E-state index in [9.17, 15) is 19.2 Å². The lowest BCUT2D eigenvalue weighted by molar-refractivity contribution is -0.129. The second kappa shape index (κ2) is 13.5. The van der Waals surface area contributed by atoms with Crippen LogP contribution >= 0.6 is 0 Å². The van der Waals surface area contributed by atoms with E-state index in [0.717, 1.165) is 61.0 Å². The first-order valence-electron chi connectivity index (χ1n) is 14.8. The molecule has 0 N–H and O–H groups in total. The second-order valence-electron chi connectivity index (χ2n) is 11.9. The molecule has 1 aromatic heterocycles. The minimum Gasteiger partial charge on any atom is -0.458 e. The first kappa shape index (κ1) is 30.7. The van der Waals surface area contributed by atoms with Crippen LogP contribution in [0.25, 0.3) is 0 Å². The summed E-state index contributed by atoms with van der Waals surface area (Å²) in [5.74, 6) is 1.83. The number of fused-ring (bicyclic) bond motifs is 1. The van der Waals surface area contributed by atoms with Crippen LogP contribution in [0.3, 0.4) is 0 Å². The predicted octanol–water partition coefficient (Wildman–Crippen LogP) is 7.83. The number of furan rings is 1. The second-order valence-corrected chi connectivity index (χ2v) is 11.9. The van der Waals surface area contributed by atoms with Crippen molar-refractivity contribution in [2.75, 3.05) is 0 Å². The minimum absolute atomic E-state index is 0.0126. The summed E-state index contributed by atoms with van der Waals surface area (Å²) >= 11 is 0. The largest absolute Gasteiger partial charge is 0.458 e. The van der Waals surface area contributed by atoms with Crippen molar-refractivity contribution >= 4 is 23.1 Å². The fourth-order valence-electron chi connectivity index (χ4n) is 6.62. The average Bonchev–Trinajstić information content (AvgIpc) is 3.33. The molecule has 1 aliphatic rings. The normalized spacial score (nSPS) is 16.7. The first-order chi connectivity index (χ1) is 18.5. The van der Waals surface area contributed by atoms with Gasteiger partial charge in [0.1, 0.15) is 17.3 Å². The molecule has 0 aliphatic heterocycles. The summed E-state index contributed by atoms with van der Waals surface area (Å²) in [4.78, 5) is 49.9. The van der Waals surface area contributed by atoms with Gasteiger partial charge in [0, 0.05) is 31.2 Å². The highest BCUT2D eigenvalue weighted by atomic mass is 16.3. The monoisotopic (exact) mass is 534 g/mol. The molecule has 0 amide bonds. The molecule has 39 heavy (non-hydrogen) atoms. The highest BCUT2D eigenvalue weighted by Crippen LogP contribution is 2.40. The van der Waals surface area contributed by atoms with Crippen LogP contribution in [0, 0.1) is 24.7 Å². The Morgan fingerprint density at radius 3 is 2.33 bits per heavy atom. The van der Waals surface area contributed by atoms with E-state index in [2.05, 4.69) is 33.8 Å². The van der Waals surface area contributed by atoms with Crippen LogP contribution in [0.15, 0.2) is 22.6 Å². The zero-order chi connectivity index (χ0) is 28.9. The molecule has 0 fully saturated rings. The molecule has 0 saturated carbocycles. The number of Topliss-reactive ketones (excluding diaryl/α,β-unsaturated/α-hetero) is 4. The summed E-state index contributed by atoms with van der Waals surface area (Å²) in [5, 5.41) is 0. The van der Waals surface area contributed by atoms with E-state index in [-0.39, 0.29) is 53.2 Å². The number of benzene rings is 1. The molecule has 1 heterocycles. The number of rotatable bonds is 14. The molecule has 0 spiro atoms. The first-order valence-corrected chi connectivity index (χ1v) is 14.8. The van der Waals surface area contributed by atoms with Crippen molar-refractivity contribution in [1.29, 1.82) is 0 Å². The fourth-order valence-corrected chi connectivity index (χ4v) is 6.62. The molecule has 1 aliphatic carbocycles. The van der Waals surface area contributed by atoms with Gasteiger partial charge in [-0.3, -0.25) is 19.2 Å². The van der Waals surface area contributed by atoms with E-state index in [1.807, 2.05) is 13.0 Å². The molecule has 0 saturated heterocycles.